The van der Waals surface area contributed by atoms with Crippen LogP contribution >= 0.6 is 23.4 Å². The smallest absolute Gasteiger partial charge is 0.248 e. The van der Waals surface area contributed by atoms with Gasteiger partial charge in [0, 0.05) is 23.1 Å². The van der Waals surface area contributed by atoms with Crippen molar-refractivity contribution in [3.63, 3.8) is 0 Å². The predicted octanol–water partition coefficient (Wildman–Crippen LogP) is 2.02. The van der Waals surface area contributed by atoms with Crippen LogP contribution in [0.2, 0.25) is 5.02 Å². The lowest BCUT2D eigenvalue weighted by molar-refractivity contribution is -0.297. The van der Waals surface area contributed by atoms with Gasteiger partial charge < -0.3 is 20.0 Å². The third-order valence-corrected chi connectivity index (χ3v) is 5.72. The van der Waals surface area contributed by atoms with E-state index >= 15 is 0 Å². The molecule has 0 spiro atoms. The number of carboxylic acid groups (broad SMARTS) is 1. The van der Waals surface area contributed by atoms with E-state index in [0.717, 1.165) is 11.0 Å². The van der Waals surface area contributed by atoms with Crippen LogP contribution in [0.1, 0.15) is 6.42 Å². The Morgan fingerprint density at radius 2 is 2.00 bits per heavy atom. The van der Waals surface area contributed by atoms with Crippen molar-refractivity contribution in [2.24, 2.45) is 0 Å². The Balaban J connectivity index is 1.72. The zero-order chi connectivity index (χ0) is 22.5. The molecule has 1 unspecified atom stereocenters. The van der Waals surface area contributed by atoms with Gasteiger partial charge in [-0.1, -0.05) is 17.7 Å². The summed E-state index contributed by atoms with van der Waals surface area (Å²) in [5.74, 6) is -2.40. The van der Waals surface area contributed by atoms with E-state index in [9.17, 15) is 24.3 Å². The average molecular weight is 460 g/mol. The zero-order valence-corrected chi connectivity index (χ0v) is 17.7. The van der Waals surface area contributed by atoms with Crippen molar-refractivity contribution in [3.05, 3.63) is 59.6 Å². The van der Waals surface area contributed by atoms with E-state index in [1.165, 1.54) is 24.9 Å². The van der Waals surface area contributed by atoms with E-state index in [2.05, 4.69) is 5.32 Å². The van der Waals surface area contributed by atoms with Crippen molar-refractivity contribution in [2.75, 3.05) is 17.3 Å². The molecule has 0 aliphatic carbocycles. The minimum absolute atomic E-state index is 0.0120. The molecule has 0 radical (unpaired) electrons. The second-order valence-corrected chi connectivity index (χ2v) is 8.05. The number of nitrogens with zero attached hydrogens (tertiary/aromatic N) is 1. The summed E-state index contributed by atoms with van der Waals surface area (Å²) in [6, 6.07) is 11.3. The zero-order valence-electron chi connectivity index (χ0n) is 16.2. The highest BCUT2D eigenvalue weighted by atomic mass is 35.5. The average Bonchev–Trinajstić information content (AvgIpc) is 2.99. The number of ether oxygens (including phenoxy) is 1. The first kappa shape index (κ1) is 22.4. The number of carboxylic acids is 1. The third kappa shape index (κ3) is 5.44. The fourth-order valence-electron chi connectivity index (χ4n) is 2.90. The molecule has 10 heteroatoms. The van der Waals surface area contributed by atoms with E-state index in [1.54, 1.807) is 36.4 Å². The number of nitrogens with one attached hydrogen (secondary N) is 1. The van der Waals surface area contributed by atoms with Gasteiger partial charge in [0.15, 0.2) is 0 Å². The summed E-state index contributed by atoms with van der Waals surface area (Å²) in [6.45, 7) is 0. The van der Waals surface area contributed by atoms with Gasteiger partial charge in [-0.05, 0) is 42.5 Å². The molecule has 1 aliphatic rings. The van der Waals surface area contributed by atoms with Crippen molar-refractivity contribution >= 4 is 58.4 Å². The fourth-order valence-corrected chi connectivity index (χ4v) is 4.27. The summed E-state index contributed by atoms with van der Waals surface area (Å²) in [6.07, 6.45) is 1.47. The second-order valence-electron chi connectivity index (χ2n) is 6.37. The normalized spacial score (nSPS) is 16.1. The van der Waals surface area contributed by atoms with Crippen molar-refractivity contribution in [1.29, 1.82) is 0 Å². The van der Waals surface area contributed by atoms with E-state index in [1.807, 2.05) is 0 Å². The molecule has 3 amide bonds. The van der Waals surface area contributed by atoms with Crippen molar-refractivity contribution in [1.82, 2.24) is 0 Å². The lowest BCUT2D eigenvalue weighted by Gasteiger charge is -2.16. The molecule has 31 heavy (non-hydrogen) atoms. The van der Waals surface area contributed by atoms with Crippen molar-refractivity contribution in [2.45, 2.75) is 16.6 Å². The van der Waals surface area contributed by atoms with Gasteiger partial charge in [-0.15, -0.1) is 11.8 Å². The van der Waals surface area contributed by atoms with Crippen LogP contribution < -0.4 is 20.1 Å². The Labute approximate surface area is 186 Å². The van der Waals surface area contributed by atoms with Crippen molar-refractivity contribution < 1.29 is 29.0 Å². The number of rotatable bonds is 7. The molecule has 3 rings (SSSR count). The number of carbonyl (C=O) groups excluding carboxylic acids is 4. The molecule has 1 heterocycles. The van der Waals surface area contributed by atoms with Crippen LogP contribution in [-0.2, 0) is 19.2 Å². The Kier molecular flexibility index (Phi) is 6.98. The number of hydrogen-bond acceptors (Lipinski definition) is 7. The minimum atomic E-state index is -1.48. The number of amides is 3. The summed E-state index contributed by atoms with van der Waals surface area (Å²) < 4.78 is 5.09. The minimum Gasteiger partial charge on any atom is -0.545 e. The highest BCUT2D eigenvalue weighted by Gasteiger charge is 2.40. The lowest BCUT2D eigenvalue weighted by Crippen LogP contribution is -2.31. The number of anilines is 2. The summed E-state index contributed by atoms with van der Waals surface area (Å²) in [5.41, 5.74) is 0.776. The van der Waals surface area contributed by atoms with Crippen LogP contribution in [0.15, 0.2) is 59.5 Å². The Hall–Kier alpha value is -3.30. The van der Waals surface area contributed by atoms with Gasteiger partial charge >= 0.3 is 0 Å². The summed E-state index contributed by atoms with van der Waals surface area (Å²) in [4.78, 5) is 49.2. The molecular formula is C21H16ClN2O6S-. The first-order valence-corrected chi connectivity index (χ1v) is 10.2. The molecule has 1 aliphatic heterocycles. The van der Waals surface area contributed by atoms with Crippen LogP contribution in [-0.4, -0.2) is 36.1 Å². The summed E-state index contributed by atoms with van der Waals surface area (Å²) in [7, 11) is 1.47. The van der Waals surface area contributed by atoms with Gasteiger partial charge in [0.25, 0.3) is 0 Å². The number of carbonyl (C=O) groups is 4. The largest absolute Gasteiger partial charge is 0.545 e. The highest BCUT2D eigenvalue weighted by molar-refractivity contribution is 8.00. The number of halogens is 1. The van der Waals surface area contributed by atoms with Crippen LogP contribution in [0.25, 0.3) is 0 Å². The van der Waals surface area contributed by atoms with Gasteiger partial charge in [-0.2, -0.15) is 0 Å². The predicted molar refractivity (Wildman–Crippen MR) is 114 cm³/mol. The standard InChI is InChI=1S/C21H17ClN2O6S/c1-30-16-6-5-13(10-15(16)22)24-19(26)11-17(21(24)29)31-14-4-2-3-12(9-14)23-18(25)7-8-20(27)28/h2-10,17H,11H2,1H3,(H,23,25)(H,27,28)/p-1. The maximum atomic E-state index is 12.9. The van der Waals surface area contributed by atoms with E-state index in [4.69, 9.17) is 16.3 Å². The van der Waals surface area contributed by atoms with Crippen molar-refractivity contribution in [3.8, 4) is 5.75 Å². The topological polar surface area (TPSA) is 116 Å². The molecule has 0 aromatic heterocycles. The van der Waals surface area contributed by atoms with Crippen LogP contribution in [0.5, 0.6) is 5.75 Å². The molecule has 2 aromatic carbocycles. The highest BCUT2D eigenvalue weighted by Crippen LogP contribution is 2.37. The van der Waals surface area contributed by atoms with Gasteiger partial charge in [0.2, 0.25) is 17.7 Å². The number of methoxy groups -OCH3 is 1. The molecule has 1 N–H and O–H groups in total. The quantitative estimate of drug-likeness (QED) is 0.497. The Bertz CT molecular complexity index is 1090. The number of benzene rings is 2. The molecule has 160 valence electrons. The number of imide groups is 1. The van der Waals surface area contributed by atoms with Gasteiger partial charge in [-0.25, -0.2) is 4.90 Å². The molecular weight excluding hydrogens is 444 g/mol. The molecule has 1 atom stereocenters. The second kappa shape index (κ2) is 9.67. The molecule has 1 saturated heterocycles. The molecule has 1 fully saturated rings. The monoisotopic (exact) mass is 459 g/mol. The SMILES string of the molecule is COc1ccc(N2C(=O)CC(Sc3cccc(NC(=O)C=CC(=O)[O-])c3)C2=O)cc1Cl. The number of hydrogen-bond donors (Lipinski definition) is 1. The first-order chi connectivity index (χ1) is 14.8. The molecule has 8 nitrogen and oxygen atoms in total. The Morgan fingerprint density at radius 1 is 1.23 bits per heavy atom. The van der Waals surface area contributed by atoms with E-state index in [-0.39, 0.29) is 23.3 Å². The molecule has 2 aromatic rings. The molecule has 0 saturated carbocycles. The fraction of sp³-hybridized carbons (Fsp3) is 0.143. The van der Waals surface area contributed by atoms with Crippen LogP contribution in [0.4, 0.5) is 11.4 Å². The van der Waals surface area contributed by atoms with Crippen LogP contribution in [0, 0.1) is 0 Å². The summed E-state index contributed by atoms with van der Waals surface area (Å²) >= 11 is 7.30. The Morgan fingerprint density at radius 3 is 2.68 bits per heavy atom. The van der Waals surface area contributed by atoms with E-state index in [0.29, 0.717) is 28.1 Å². The van der Waals surface area contributed by atoms with Crippen LogP contribution in [0.3, 0.4) is 0 Å². The van der Waals surface area contributed by atoms with Gasteiger partial charge in [0.05, 0.1) is 29.0 Å². The third-order valence-electron chi connectivity index (χ3n) is 4.25. The number of thioether (sulfide) groups is 1. The maximum Gasteiger partial charge on any atom is 0.248 e. The van der Waals surface area contributed by atoms with Gasteiger partial charge in [0.1, 0.15) is 5.75 Å². The lowest BCUT2D eigenvalue weighted by atomic mass is 10.3. The van der Waals surface area contributed by atoms with E-state index < -0.39 is 17.1 Å². The van der Waals surface area contributed by atoms with Gasteiger partial charge in [-0.3, -0.25) is 14.4 Å². The number of aliphatic carboxylic acids is 1. The summed E-state index contributed by atoms with van der Waals surface area (Å²) in [5, 5.41) is 12.5. The molecule has 0 bridgehead atoms. The maximum absolute atomic E-state index is 12.9. The first-order valence-electron chi connectivity index (χ1n) is 8.95.